The first-order chi connectivity index (χ1) is 8.93. The molecular weight excluding hydrogens is 261 g/mol. The lowest BCUT2D eigenvalue weighted by Gasteiger charge is -2.22. The summed E-state index contributed by atoms with van der Waals surface area (Å²) < 4.78 is 27.1. The molecule has 2 unspecified atom stereocenters. The molecule has 0 spiro atoms. The van der Waals surface area contributed by atoms with Gasteiger partial charge >= 0.3 is 0 Å². The van der Waals surface area contributed by atoms with Crippen LogP contribution >= 0.6 is 0 Å². The minimum absolute atomic E-state index is 0.0924. The molecule has 0 radical (unpaired) electrons. The van der Waals surface area contributed by atoms with Crippen molar-refractivity contribution in [1.82, 2.24) is 4.31 Å². The molecule has 2 nitrogen and oxygen atoms in total. The highest BCUT2D eigenvalue weighted by molar-refractivity contribution is 7.82. The van der Waals surface area contributed by atoms with Gasteiger partial charge in [0.1, 0.15) is 17.7 Å². The van der Waals surface area contributed by atoms with Gasteiger partial charge in [-0.1, -0.05) is 32.9 Å². The molecule has 19 heavy (non-hydrogen) atoms. The summed E-state index contributed by atoms with van der Waals surface area (Å²) in [5.41, 5.74) is 1.31. The van der Waals surface area contributed by atoms with E-state index in [4.69, 9.17) is 0 Å². The number of rotatable bonds is 3. The fraction of sp³-hybridized carbons (Fsp3) is 0.600. The van der Waals surface area contributed by atoms with Crippen LogP contribution in [-0.2, 0) is 16.4 Å². The number of nitrogens with zero attached hydrogens (tertiary/aromatic N) is 1. The normalized spacial score (nSPS) is 22.6. The molecule has 1 aromatic rings. The molecule has 0 saturated carbocycles. The number of hydrogen-bond donors (Lipinski definition) is 0. The third-order valence-corrected chi connectivity index (χ3v) is 5.22. The van der Waals surface area contributed by atoms with Crippen LogP contribution in [0.3, 0.4) is 0 Å². The van der Waals surface area contributed by atoms with E-state index in [-0.39, 0.29) is 11.5 Å². The smallest absolute Gasteiger partial charge is 0.127 e. The molecule has 1 aliphatic heterocycles. The van der Waals surface area contributed by atoms with Crippen molar-refractivity contribution in [1.29, 1.82) is 0 Å². The Morgan fingerprint density at radius 1 is 1.32 bits per heavy atom. The molecule has 1 aromatic carbocycles. The first kappa shape index (κ1) is 14.7. The Labute approximate surface area is 117 Å². The molecular formula is C15H22FNOS. The Balaban J connectivity index is 2.16. The van der Waals surface area contributed by atoms with Gasteiger partial charge in [-0.25, -0.2) is 12.9 Å². The largest absolute Gasteiger partial charge is 0.249 e. The minimum atomic E-state index is -1.23. The molecule has 1 saturated heterocycles. The third kappa shape index (κ3) is 3.23. The maximum atomic E-state index is 12.9. The molecule has 1 heterocycles. The second-order valence-electron chi connectivity index (χ2n) is 6.11. The number of halogens is 1. The van der Waals surface area contributed by atoms with Gasteiger partial charge in [-0.15, -0.1) is 0 Å². The molecule has 1 aliphatic rings. The maximum Gasteiger partial charge on any atom is 0.127 e. The van der Waals surface area contributed by atoms with E-state index in [0.29, 0.717) is 0 Å². The zero-order chi connectivity index (χ0) is 14.0. The van der Waals surface area contributed by atoms with Crippen LogP contribution in [0.1, 0.15) is 39.2 Å². The summed E-state index contributed by atoms with van der Waals surface area (Å²) in [7, 11) is -1.23. The van der Waals surface area contributed by atoms with Crippen molar-refractivity contribution in [2.75, 3.05) is 13.2 Å². The molecule has 1 fully saturated rings. The van der Waals surface area contributed by atoms with E-state index in [1.807, 2.05) is 24.3 Å². The molecule has 0 aliphatic carbocycles. The maximum absolute atomic E-state index is 12.9. The van der Waals surface area contributed by atoms with Crippen LogP contribution in [0.4, 0.5) is 4.39 Å². The lowest BCUT2D eigenvalue weighted by Crippen LogP contribution is -2.32. The van der Waals surface area contributed by atoms with Crippen molar-refractivity contribution in [3.63, 3.8) is 0 Å². The minimum Gasteiger partial charge on any atom is -0.249 e. The van der Waals surface area contributed by atoms with Crippen LogP contribution in [0, 0.1) is 0 Å². The van der Waals surface area contributed by atoms with Gasteiger partial charge in [-0.2, -0.15) is 0 Å². The van der Waals surface area contributed by atoms with E-state index < -0.39 is 17.7 Å². The van der Waals surface area contributed by atoms with Crippen LogP contribution in [0.25, 0.3) is 0 Å². The third-order valence-electron chi connectivity index (χ3n) is 3.64. The van der Waals surface area contributed by atoms with E-state index in [1.54, 1.807) is 4.31 Å². The van der Waals surface area contributed by atoms with Crippen molar-refractivity contribution < 1.29 is 8.60 Å². The van der Waals surface area contributed by atoms with E-state index in [9.17, 15) is 8.60 Å². The number of benzene rings is 1. The van der Waals surface area contributed by atoms with Crippen LogP contribution in [0.15, 0.2) is 29.2 Å². The van der Waals surface area contributed by atoms with Crippen LogP contribution in [-0.4, -0.2) is 27.8 Å². The van der Waals surface area contributed by atoms with Crippen LogP contribution in [0.2, 0.25) is 0 Å². The van der Waals surface area contributed by atoms with Gasteiger partial charge in [0.15, 0.2) is 0 Å². The SMILES string of the molecule is CC(C)(C)c1ccc(S(=O)N2CCCC2CF)cc1. The Kier molecular flexibility index (Phi) is 4.41. The standard InChI is InChI=1S/C15H22FNOS/c1-15(2,3)12-6-8-14(9-7-12)19(18)17-10-4-5-13(17)11-16/h6-9,13H,4-5,10-11H2,1-3H3. The first-order valence-electron chi connectivity index (χ1n) is 6.78. The Morgan fingerprint density at radius 2 is 1.95 bits per heavy atom. The summed E-state index contributed by atoms with van der Waals surface area (Å²) in [4.78, 5) is 0.772. The van der Waals surface area contributed by atoms with Crippen molar-refractivity contribution in [3.05, 3.63) is 29.8 Å². The summed E-state index contributed by atoms with van der Waals surface area (Å²) in [5.74, 6) is 0. The van der Waals surface area contributed by atoms with Gasteiger partial charge in [-0.05, 0) is 36.0 Å². The predicted molar refractivity (Wildman–Crippen MR) is 77.3 cm³/mol. The fourth-order valence-corrected chi connectivity index (χ4v) is 3.76. The zero-order valence-corrected chi connectivity index (χ0v) is 12.7. The van der Waals surface area contributed by atoms with Gasteiger partial charge in [0.2, 0.25) is 0 Å². The monoisotopic (exact) mass is 283 g/mol. The quantitative estimate of drug-likeness (QED) is 0.832. The van der Waals surface area contributed by atoms with Gasteiger partial charge in [0.05, 0.1) is 10.9 Å². The van der Waals surface area contributed by atoms with Crippen molar-refractivity contribution in [2.45, 2.75) is 50.0 Å². The average molecular weight is 283 g/mol. The number of alkyl halides is 1. The molecule has 4 heteroatoms. The fourth-order valence-electron chi connectivity index (χ4n) is 2.39. The van der Waals surface area contributed by atoms with E-state index in [1.165, 1.54) is 5.56 Å². The molecule has 0 amide bonds. The molecule has 2 atom stereocenters. The zero-order valence-electron chi connectivity index (χ0n) is 11.9. The summed E-state index contributed by atoms with van der Waals surface area (Å²) in [6.07, 6.45) is 1.74. The predicted octanol–water partition coefficient (Wildman–Crippen LogP) is 3.44. The van der Waals surface area contributed by atoms with Gasteiger partial charge in [0, 0.05) is 6.54 Å². The first-order valence-corrected chi connectivity index (χ1v) is 7.89. The highest BCUT2D eigenvalue weighted by Crippen LogP contribution is 2.26. The van der Waals surface area contributed by atoms with Crippen molar-refractivity contribution in [2.24, 2.45) is 0 Å². The van der Waals surface area contributed by atoms with Gasteiger partial charge < -0.3 is 0 Å². The summed E-state index contributed by atoms with van der Waals surface area (Å²) >= 11 is 0. The topological polar surface area (TPSA) is 20.3 Å². The number of hydrogen-bond acceptors (Lipinski definition) is 1. The van der Waals surface area contributed by atoms with E-state index >= 15 is 0 Å². The second-order valence-corrected chi connectivity index (χ2v) is 7.55. The van der Waals surface area contributed by atoms with Crippen LogP contribution < -0.4 is 0 Å². The van der Waals surface area contributed by atoms with E-state index in [2.05, 4.69) is 20.8 Å². The summed E-state index contributed by atoms with van der Waals surface area (Å²) in [6.45, 7) is 6.77. The highest BCUT2D eigenvalue weighted by Gasteiger charge is 2.29. The van der Waals surface area contributed by atoms with Crippen LogP contribution in [0.5, 0.6) is 0 Å². The van der Waals surface area contributed by atoms with Crippen molar-refractivity contribution in [3.8, 4) is 0 Å². The molecule has 2 rings (SSSR count). The summed E-state index contributed by atoms with van der Waals surface area (Å²) in [5, 5.41) is 0. The molecule has 106 valence electrons. The Bertz CT molecular complexity index is 452. The second kappa shape index (κ2) is 5.71. The summed E-state index contributed by atoms with van der Waals surface area (Å²) in [6, 6.07) is 7.68. The molecule has 0 bridgehead atoms. The lowest BCUT2D eigenvalue weighted by molar-refractivity contribution is 0.323. The molecule has 0 N–H and O–H groups in total. The van der Waals surface area contributed by atoms with Crippen molar-refractivity contribution >= 4 is 11.0 Å². The van der Waals surface area contributed by atoms with Gasteiger partial charge in [0.25, 0.3) is 0 Å². The van der Waals surface area contributed by atoms with E-state index in [0.717, 1.165) is 24.3 Å². The highest BCUT2D eigenvalue weighted by atomic mass is 32.2. The van der Waals surface area contributed by atoms with Gasteiger partial charge in [-0.3, -0.25) is 0 Å². The average Bonchev–Trinajstić information content (AvgIpc) is 2.85. The molecule has 0 aromatic heterocycles. The Morgan fingerprint density at radius 3 is 2.47 bits per heavy atom. The Hall–Kier alpha value is -0.740. The lowest BCUT2D eigenvalue weighted by atomic mass is 9.87.